The standard InChI is InChI=1S/C18H18N2O4/c1-22-9-10-24-18(21)15(12-19)11-14-7-8-20(13-14)16-3-5-17(23-2)6-4-16/h3-8,11,13H,9-10H2,1-2H3/b15-11-. The maximum Gasteiger partial charge on any atom is 0.348 e. The molecule has 6 heteroatoms. The molecule has 1 aromatic heterocycles. The average molecular weight is 326 g/mol. The zero-order chi connectivity index (χ0) is 17.4. The van der Waals surface area contributed by atoms with Crippen molar-refractivity contribution in [2.45, 2.75) is 0 Å². The van der Waals surface area contributed by atoms with Crippen LogP contribution in [-0.2, 0) is 14.3 Å². The molecule has 1 aromatic carbocycles. The molecule has 0 aliphatic heterocycles. The highest BCUT2D eigenvalue weighted by molar-refractivity contribution is 5.97. The van der Waals surface area contributed by atoms with Gasteiger partial charge in [0.05, 0.1) is 13.7 Å². The molecule has 124 valence electrons. The van der Waals surface area contributed by atoms with Gasteiger partial charge in [-0.05, 0) is 42.0 Å². The smallest absolute Gasteiger partial charge is 0.348 e. The summed E-state index contributed by atoms with van der Waals surface area (Å²) in [6, 6.07) is 11.2. The summed E-state index contributed by atoms with van der Waals surface area (Å²) in [6.07, 6.45) is 5.16. The number of hydrogen-bond donors (Lipinski definition) is 0. The first-order valence-electron chi connectivity index (χ1n) is 7.28. The van der Waals surface area contributed by atoms with Crippen LogP contribution in [0.25, 0.3) is 11.8 Å². The van der Waals surface area contributed by atoms with Crippen molar-refractivity contribution >= 4 is 12.0 Å². The van der Waals surface area contributed by atoms with Crippen LogP contribution < -0.4 is 4.74 Å². The molecule has 6 nitrogen and oxygen atoms in total. The number of carbonyl (C=O) groups excluding carboxylic acids is 1. The third-order valence-electron chi connectivity index (χ3n) is 3.26. The van der Waals surface area contributed by atoms with Crippen LogP contribution in [0.3, 0.4) is 0 Å². The first-order valence-corrected chi connectivity index (χ1v) is 7.28. The van der Waals surface area contributed by atoms with E-state index in [-0.39, 0.29) is 18.8 Å². The summed E-state index contributed by atoms with van der Waals surface area (Å²) in [5.41, 5.74) is 1.61. The first-order chi connectivity index (χ1) is 11.7. The summed E-state index contributed by atoms with van der Waals surface area (Å²) in [4.78, 5) is 11.8. The molecule has 0 aliphatic carbocycles. The number of esters is 1. The van der Waals surface area contributed by atoms with Crippen LogP contribution >= 0.6 is 0 Å². The maximum absolute atomic E-state index is 11.8. The third kappa shape index (κ3) is 4.48. The Morgan fingerprint density at radius 2 is 1.96 bits per heavy atom. The van der Waals surface area contributed by atoms with Gasteiger partial charge in [-0.3, -0.25) is 0 Å². The zero-order valence-electron chi connectivity index (χ0n) is 13.6. The number of carbonyl (C=O) groups is 1. The Kier molecular flexibility index (Phi) is 6.17. The number of methoxy groups -OCH3 is 2. The number of ether oxygens (including phenoxy) is 3. The van der Waals surface area contributed by atoms with Gasteiger partial charge in [-0.25, -0.2) is 4.79 Å². The SMILES string of the molecule is COCCOC(=O)/C(C#N)=C\c1ccn(-c2ccc(OC)cc2)c1. The van der Waals surface area contributed by atoms with E-state index in [2.05, 4.69) is 0 Å². The molecule has 0 radical (unpaired) electrons. The minimum atomic E-state index is -0.660. The minimum absolute atomic E-state index is 0.0569. The van der Waals surface area contributed by atoms with Crippen molar-refractivity contribution in [1.29, 1.82) is 5.26 Å². The molecule has 0 saturated carbocycles. The van der Waals surface area contributed by atoms with Gasteiger partial charge in [-0.1, -0.05) is 0 Å². The van der Waals surface area contributed by atoms with Gasteiger partial charge >= 0.3 is 5.97 Å². The number of nitrogens with zero attached hydrogens (tertiary/aromatic N) is 2. The average Bonchev–Trinajstić information content (AvgIpc) is 3.08. The molecule has 0 amide bonds. The summed E-state index contributed by atoms with van der Waals surface area (Å²) in [6.45, 7) is 0.402. The molecule has 0 spiro atoms. The van der Waals surface area contributed by atoms with Crippen LogP contribution in [0, 0.1) is 11.3 Å². The number of rotatable bonds is 7. The van der Waals surface area contributed by atoms with E-state index in [1.54, 1.807) is 7.11 Å². The second-order valence-corrected chi connectivity index (χ2v) is 4.85. The Balaban J connectivity index is 2.13. The predicted octanol–water partition coefficient (Wildman–Crippen LogP) is 2.58. The molecule has 24 heavy (non-hydrogen) atoms. The molecule has 2 rings (SSSR count). The van der Waals surface area contributed by atoms with Crippen LogP contribution in [-0.4, -0.2) is 38.0 Å². The number of aromatic nitrogens is 1. The Labute approximate surface area is 140 Å². The van der Waals surface area contributed by atoms with E-state index in [0.29, 0.717) is 0 Å². The zero-order valence-corrected chi connectivity index (χ0v) is 13.6. The van der Waals surface area contributed by atoms with Crippen molar-refractivity contribution in [2.24, 2.45) is 0 Å². The molecule has 0 saturated heterocycles. The number of hydrogen-bond acceptors (Lipinski definition) is 5. The lowest BCUT2D eigenvalue weighted by Gasteiger charge is -2.04. The minimum Gasteiger partial charge on any atom is -0.497 e. The first kappa shape index (κ1) is 17.3. The molecule has 0 N–H and O–H groups in total. The van der Waals surface area contributed by atoms with Gasteiger partial charge in [0.2, 0.25) is 0 Å². The van der Waals surface area contributed by atoms with Gasteiger partial charge in [0.1, 0.15) is 24.0 Å². The van der Waals surface area contributed by atoms with E-state index in [4.69, 9.17) is 19.5 Å². The van der Waals surface area contributed by atoms with Crippen LogP contribution in [0.5, 0.6) is 5.75 Å². The molecule has 0 bridgehead atoms. The van der Waals surface area contributed by atoms with Crippen LogP contribution in [0.15, 0.2) is 48.3 Å². The predicted molar refractivity (Wildman–Crippen MR) is 88.7 cm³/mol. The second kappa shape index (κ2) is 8.56. The third-order valence-corrected chi connectivity index (χ3v) is 3.26. The van der Waals surface area contributed by atoms with Crippen LogP contribution in [0.1, 0.15) is 5.56 Å². The Hall–Kier alpha value is -3.04. The van der Waals surface area contributed by atoms with Gasteiger partial charge in [-0.15, -0.1) is 0 Å². The molecular formula is C18H18N2O4. The molecule has 1 heterocycles. The second-order valence-electron chi connectivity index (χ2n) is 4.85. The van der Waals surface area contributed by atoms with Crippen molar-refractivity contribution in [2.75, 3.05) is 27.4 Å². The molecule has 0 aliphatic rings. The van der Waals surface area contributed by atoms with Crippen molar-refractivity contribution in [3.8, 4) is 17.5 Å². The fourth-order valence-electron chi connectivity index (χ4n) is 2.01. The van der Waals surface area contributed by atoms with Crippen molar-refractivity contribution in [3.05, 3.63) is 53.9 Å². The summed E-state index contributed by atoms with van der Waals surface area (Å²) in [5, 5.41) is 9.12. The maximum atomic E-state index is 11.8. The van der Waals surface area contributed by atoms with Gasteiger partial charge < -0.3 is 18.8 Å². The van der Waals surface area contributed by atoms with Crippen LogP contribution in [0.4, 0.5) is 0 Å². The van der Waals surface area contributed by atoms with Crippen molar-refractivity contribution in [3.63, 3.8) is 0 Å². The highest BCUT2D eigenvalue weighted by atomic mass is 16.6. The molecule has 2 aromatic rings. The van der Waals surface area contributed by atoms with Crippen molar-refractivity contribution in [1.82, 2.24) is 4.57 Å². The summed E-state index contributed by atoms with van der Waals surface area (Å²) >= 11 is 0. The van der Waals surface area contributed by atoms with Crippen LogP contribution in [0.2, 0.25) is 0 Å². The molecular weight excluding hydrogens is 308 g/mol. The fraction of sp³-hybridized carbons (Fsp3) is 0.222. The number of benzene rings is 1. The van der Waals surface area contributed by atoms with E-state index < -0.39 is 5.97 Å². The van der Waals surface area contributed by atoms with Gasteiger partial charge in [0, 0.05) is 25.2 Å². The lowest BCUT2D eigenvalue weighted by Crippen LogP contribution is -2.11. The molecule has 0 atom stereocenters. The lowest BCUT2D eigenvalue weighted by molar-refractivity contribution is -0.139. The molecule has 0 fully saturated rings. The monoisotopic (exact) mass is 326 g/mol. The lowest BCUT2D eigenvalue weighted by atomic mass is 10.2. The topological polar surface area (TPSA) is 73.5 Å². The quantitative estimate of drug-likeness (QED) is 0.338. The largest absolute Gasteiger partial charge is 0.497 e. The highest BCUT2D eigenvalue weighted by Gasteiger charge is 2.11. The molecule has 0 unspecified atom stereocenters. The normalized spacial score (nSPS) is 11.0. The Morgan fingerprint density at radius 1 is 1.21 bits per heavy atom. The Bertz CT molecular complexity index is 754. The van der Waals surface area contributed by atoms with E-state index in [9.17, 15) is 4.79 Å². The Morgan fingerprint density at radius 3 is 2.58 bits per heavy atom. The van der Waals surface area contributed by atoms with E-state index in [1.807, 2.05) is 53.4 Å². The van der Waals surface area contributed by atoms with Gasteiger partial charge in [0.25, 0.3) is 0 Å². The van der Waals surface area contributed by atoms with Gasteiger partial charge in [-0.2, -0.15) is 5.26 Å². The summed E-state index contributed by atoms with van der Waals surface area (Å²) < 4.78 is 16.8. The summed E-state index contributed by atoms with van der Waals surface area (Å²) in [7, 11) is 3.12. The van der Waals surface area contributed by atoms with E-state index in [1.165, 1.54) is 13.2 Å². The van der Waals surface area contributed by atoms with E-state index >= 15 is 0 Å². The van der Waals surface area contributed by atoms with E-state index in [0.717, 1.165) is 17.0 Å². The van der Waals surface area contributed by atoms with Gasteiger partial charge in [0.15, 0.2) is 0 Å². The fourth-order valence-corrected chi connectivity index (χ4v) is 2.01. The number of nitriles is 1. The summed E-state index contributed by atoms with van der Waals surface area (Å²) in [5.74, 6) is 0.114. The highest BCUT2D eigenvalue weighted by Crippen LogP contribution is 2.17. The van der Waals surface area contributed by atoms with Crippen molar-refractivity contribution < 1.29 is 19.0 Å².